The zero-order valence-electron chi connectivity index (χ0n) is 10.9. The Labute approximate surface area is 129 Å². The maximum Gasteiger partial charge on any atom is 0.248 e. The first kappa shape index (κ1) is 13.6. The van der Waals surface area contributed by atoms with E-state index in [1.165, 1.54) is 6.08 Å². The summed E-state index contributed by atoms with van der Waals surface area (Å²) >= 11 is 3.21. The molecule has 0 aliphatic heterocycles. The number of nitrogens with zero attached hydrogens (tertiary/aromatic N) is 1. The fourth-order valence-electron chi connectivity index (χ4n) is 1.96. The third-order valence-corrected chi connectivity index (χ3v) is 3.31. The van der Waals surface area contributed by atoms with Crippen molar-refractivity contribution >= 4 is 44.5 Å². The van der Waals surface area contributed by atoms with Crippen molar-refractivity contribution in [2.24, 2.45) is 0 Å². The van der Waals surface area contributed by atoms with Gasteiger partial charge in [-0.25, -0.2) is 0 Å². The standard InChI is InChI=1S/C16H11BrN2O2/c17-14-8-6-12(21-14)7-9-15(20)19-13-5-1-3-11-4-2-10-18-16(11)13/h1-10H,(H,19,20)/b9-7+. The largest absolute Gasteiger partial charge is 0.450 e. The molecule has 0 atom stereocenters. The first-order chi connectivity index (χ1) is 10.2. The molecule has 2 aromatic heterocycles. The Balaban J connectivity index is 1.79. The summed E-state index contributed by atoms with van der Waals surface area (Å²) in [6, 6.07) is 13.0. The fraction of sp³-hybridized carbons (Fsp3) is 0. The number of carbonyl (C=O) groups is 1. The molecule has 5 heteroatoms. The van der Waals surface area contributed by atoms with Gasteiger partial charge in [0.2, 0.25) is 5.91 Å². The number of halogens is 1. The number of furan rings is 1. The van der Waals surface area contributed by atoms with Crippen molar-refractivity contribution in [3.63, 3.8) is 0 Å². The Morgan fingerprint density at radius 1 is 1.19 bits per heavy atom. The molecule has 0 spiro atoms. The molecule has 0 radical (unpaired) electrons. The Morgan fingerprint density at radius 3 is 2.86 bits per heavy atom. The average molecular weight is 343 g/mol. The molecule has 0 aliphatic carbocycles. The van der Waals surface area contributed by atoms with Gasteiger partial charge >= 0.3 is 0 Å². The van der Waals surface area contributed by atoms with E-state index in [4.69, 9.17) is 4.42 Å². The van der Waals surface area contributed by atoms with Crippen LogP contribution in [0.15, 0.2) is 63.8 Å². The molecular formula is C16H11BrN2O2. The maximum absolute atomic E-state index is 12.0. The monoisotopic (exact) mass is 342 g/mol. The molecule has 2 heterocycles. The van der Waals surface area contributed by atoms with Gasteiger partial charge in [-0.3, -0.25) is 9.78 Å². The number of fused-ring (bicyclic) bond motifs is 1. The number of benzene rings is 1. The molecule has 104 valence electrons. The van der Waals surface area contributed by atoms with Crippen molar-refractivity contribution in [2.45, 2.75) is 0 Å². The lowest BCUT2D eigenvalue weighted by Gasteiger charge is -2.05. The first-order valence-corrected chi connectivity index (χ1v) is 7.10. The predicted molar refractivity (Wildman–Crippen MR) is 85.8 cm³/mol. The molecule has 0 unspecified atom stereocenters. The van der Waals surface area contributed by atoms with Gasteiger partial charge in [-0.05, 0) is 46.3 Å². The number of nitrogens with one attached hydrogen (secondary N) is 1. The van der Waals surface area contributed by atoms with Crippen LogP contribution in [0.1, 0.15) is 5.76 Å². The Morgan fingerprint density at radius 2 is 2.05 bits per heavy atom. The van der Waals surface area contributed by atoms with E-state index in [9.17, 15) is 4.79 Å². The van der Waals surface area contributed by atoms with Gasteiger partial charge in [0.25, 0.3) is 0 Å². The van der Waals surface area contributed by atoms with Crippen LogP contribution in [0.2, 0.25) is 0 Å². The van der Waals surface area contributed by atoms with Crippen molar-refractivity contribution < 1.29 is 9.21 Å². The topological polar surface area (TPSA) is 55.1 Å². The zero-order valence-corrected chi connectivity index (χ0v) is 12.5. The molecule has 0 saturated heterocycles. The van der Waals surface area contributed by atoms with Crippen LogP contribution in [-0.2, 0) is 4.79 Å². The quantitative estimate of drug-likeness (QED) is 0.724. The number of pyridine rings is 1. The van der Waals surface area contributed by atoms with Gasteiger partial charge in [0.15, 0.2) is 4.67 Å². The van der Waals surface area contributed by atoms with Crippen LogP contribution < -0.4 is 5.32 Å². The lowest BCUT2D eigenvalue weighted by molar-refractivity contribution is -0.111. The first-order valence-electron chi connectivity index (χ1n) is 6.30. The van der Waals surface area contributed by atoms with E-state index in [0.29, 0.717) is 16.1 Å². The molecule has 1 amide bonds. The van der Waals surface area contributed by atoms with Crippen LogP contribution in [0.25, 0.3) is 17.0 Å². The van der Waals surface area contributed by atoms with E-state index in [-0.39, 0.29) is 5.91 Å². The van der Waals surface area contributed by atoms with Crippen molar-refractivity contribution in [2.75, 3.05) is 5.32 Å². The second-order valence-corrected chi connectivity index (χ2v) is 5.13. The van der Waals surface area contributed by atoms with Crippen molar-refractivity contribution in [3.8, 4) is 0 Å². The van der Waals surface area contributed by atoms with E-state index in [0.717, 1.165) is 10.9 Å². The van der Waals surface area contributed by atoms with E-state index in [1.54, 1.807) is 24.4 Å². The molecule has 0 saturated carbocycles. The van der Waals surface area contributed by atoms with Crippen LogP contribution in [0.5, 0.6) is 0 Å². The Kier molecular flexibility index (Phi) is 3.83. The minimum Gasteiger partial charge on any atom is -0.450 e. The van der Waals surface area contributed by atoms with Crippen molar-refractivity contribution in [1.82, 2.24) is 4.98 Å². The van der Waals surface area contributed by atoms with Gasteiger partial charge < -0.3 is 9.73 Å². The third-order valence-electron chi connectivity index (χ3n) is 2.88. The van der Waals surface area contributed by atoms with Gasteiger partial charge in [-0.15, -0.1) is 0 Å². The van der Waals surface area contributed by atoms with E-state index < -0.39 is 0 Å². The van der Waals surface area contributed by atoms with Crippen LogP contribution in [0.4, 0.5) is 5.69 Å². The highest BCUT2D eigenvalue weighted by Gasteiger charge is 2.04. The van der Waals surface area contributed by atoms with E-state index in [1.807, 2.05) is 30.3 Å². The SMILES string of the molecule is O=C(/C=C/c1ccc(Br)o1)Nc1cccc2cccnc12. The number of hydrogen-bond acceptors (Lipinski definition) is 3. The second kappa shape index (κ2) is 5.93. The molecule has 3 aromatic rings. The number of para-hydroxylation sites is 1. The number of hydrogen-bond donors (Lipinski definition) is 1. The second-order valence-electron chi connectivity index (χ2n) is 4.35. The molecule has 3 rings (SSSR count). The van der Waals surface area contributed by atoms with Gasteiger partial charge in [0.1, 0.15) is 5.76 Å². The summed E-state index contributed by atoms with van der Waals surface area (Å²) in [5, 5.41) is 3.80. The van der Waals surface area contributed by atoms with E-state index >= 15 is 0 Å². The summed E-state index contributed by atoms with van der Waals surface area (Å²) in [5.41, 5.74) is 1.45. The van der Waals surface area contributed by atoms with Crippen LogP contribution in [-0.4, -0.2) is 10.9 Å². The molecule has 0 aliphatic rings. The average Bonchev–Trinajstić information content (AvgIpc) is 2.91. The summed E-state index contributed by atoms with van der Waals surface area (Å²) in [5.74, 6) is 0.369. The number of amides is 1. The predicted octanol–water partition coefficient (Wildman–Crippen LogP) is 4.24. The molecule has 4 nitrogen and oxygen atoms in total. The highest BCUT2D eigenvalue weighted by Crippen LogP contribution is 2.20. The minimum absolute atomic E-state index is 0.235. The fourth-order valence-corrected chi connectivity index (χ4v) is 2.27. The molecule has 1 N–H and O–H groups in total. The van der Waals surface area contributed by atoms with E-state index in [2.05, 4.69) is 26.2 Å². The summed E-state index contributed by atoms with van der Waals surface area (Å²) in [6.45, 7) is 0. The van der Waals surface area contributed by atoms with Gasteiger partial charge in [0, 0.05) is 17.7 Å². The summed E-state index contributed by atoms with van der Waals surface area (Å²) in [7, 11) is 0. The number of aromatic nitrogens is 1. The molecule has 0 bridgehead atoms. The Bertz CT molecular complexity index is 819. The number of rotatable bonds is 3. The van der Waals surface area contributed by atoms with Crippen LogP contribution in [0, 0.1) is 0 Å². The summed E-state index contributed by atoms with van der Waals surface area (Å²) < 4.78 is 5.92. The van der Waals surface area contributed by atoms with Gasteiger partial charge in [0.05, 0.1) is 11.2 Å². The smallest absolute Gasteiger partial charge is 0.248 e. The summed E-state index contributed by atoms with van der Waals surface area (Å²) in [6.07, 6.45) is 4.74. The maximum atomic E-state index is 12.0. The highest BCUT2D eigenvalue weighted by molar-refractivity contribution is 9.10. The summed E-state index contributed by atoms with van der Waals surface area (Å²) in [4.78, 5) is 16.2. The molecule has 0 fully saturated rings. The lowest BCUT2D eigenvalue weighted by atomic mass is 10.2. The van der Waals surface area contributed by atoms with Gasteiger partial charge in [-0.2, -0.15) is 0 Å². The van der Waals surface area contributed by atoms with Crippen molar-refractivity contribution in [1.29, 1.82) is 0 Å². The number of anilines is 1. The third kappa shape index (κ3) is 3.20. The molecule has 1 aromatic carbocycles. The Hall–Kier alpha value is -2.40. The highest BCUT2D eigenvalue weighted by atomic mass is 79.9. The molecular weight excluding hydrogens is 332 g/mol. The number of carbonyl (C=O) groups excluding carboxylic acids is 1. The minimum atomic E-state index is -0.235. The van der Waals surface area contributed by atoms with Crippen LogP contribution >= 0.6 is 15.9 Å². The lowest BCUT2D eigenvalue weighted by Crippen LogP contribution is -2.08. The van der Waals surface area contributed by atoms with Gasteiger partial charge in [-0.1, -0.05) is 18.2 Å². The normalized spacial score (nSPS) is 11.1. The zero-order chi connectivity index (χ0) is 14.7. The van der Waals surface area contributed by atoms with Crippen LogP contribution in [0.3, 0.4) is 0 Å². The van der Waals surface area contributed by atoms with Crippen molar-refractivity contribution in [3.05, 3.63) is 65.2 Å². The molecule has 21 heavy (non-hydrogen) atoms.